The van der Waals surface area contributed by atoms with E-state index in [9.17, 15) is 14.9 Å². The number of carboxylic acid groups (broad SMARTS) is 1. The molecule has 6 nitrogen and oxygen atoms in total. The van der Waals surface area contributed by atoms with Crippen molar-refractivity contribution in [1.29, 1.82) is 0 Å². The summed E-state index contributed by atoms with van der Waals surface area (Å²) in [4.78, 5) is 20.7. The molecular formula is C12H10N2O4. The number of aliphatic carboxylic acids is 1. The van der Waals surface area contributed by atoms with Crippen LogP contribution in [0.3, 0.4) is 0 Å². The van der Waals surface area contributed by atoms with Crippen LogP contribution in [0.4, 0.5) is 5.69 Å². The topological polar surface area (TPSA) is 85.4 Å². The molecule has 0 bridgehead atoms. The number of nitrogens with zero attached hydrogens (tertiary/aromatic N) is 2. The second kappa shape index (κ2) is 4.33. The van der Waals surface area contributed by atoms with E-state index in [-0.39, 0.29) is 5.69 Å². The Morgan fingerprint density at radius 1 is 1.50 bits per heavy atom. The Labute approximate surface area is 102 Å². The minimum absolute atomic E-state index is 0.0151. The lowest BCUT2D eigenvalue weighted by Gasteiger charge is -1.95. The van der Waals surface area contributed by atoms with Gasteiger partial charge in [0.25, 0.3) is 5.69 Å². The van der Waals surface area contributed by atoms with E-state index in [1.165, 1.54) is 18.2 Å². The van der Waals surface area contributed by atoms with Gasteiger partial charge in [-0.05, 0) is 12.1 Å². The van der Waals surface area contributed by atoms with Gasteiger partial charge >= 0.3 is 5.97 Å². The number of hydrogen-bond acceptors (Lipinski definition) is 3. The van der Waals surface area contributed by atoms with Crippen molar-refractivity contribution in [3.8, 4) is 0 Å². The van der Waals surface area contributed by atoms with Gasteiger partial charge in [-0.1, -0.05) is 0 Å². The summed E-state index contributed by atoms with van der Waals surface area (Å²) in [6.45, 7) is 0. The van der Waals surface area contributed by atoms with Gasteiger partial charge in [0.2, 0.25) is 0 Å². The van der Waals surface area contributed by atoms with Gasteiger partial charge in [-0.25, -0.2) is 4.79 Å². The number of nitro benzene ring substituents is 1. The van der Waals surface area contributed by atoms with E-state index in [4.69, 9.17) is 5.11 Å². The summed E-state index contributed by atoms with van der Waals surface area (Å²) < 4.78 is 1.79. The van der Waals surface area contributed by atoms with E-state index in [1.807, 2.05) is 0 Å². The van der Waals surface area contributed by atoms with Gasteiger partial charge in [0, 0.05) is 47.9 Å². The smallest absolute Gasteiger partial charge is 0.328 e. The summed E-state index contributed by atoms with van der Waals surface area (Å²) in [6.07, 6.45) is 4.16. The standard InChI is InChI=1S/C12H10N2O4/c1-13-7-8(2-5-12(15)16)10-6-9(14(17)18)3-4-11(10)13/h2-7H,1H3,(H,15,16)/b5-2-. The fraction of sp³-hybridized carbons (Fsp3) is 0.0833. The van der Waals surface area contributed by atoms with E-state index in [0.717, 1.165) is 11.6 Å². The molecule has 0 aliphatic rings. The monoisotopic (exact) mass is 246 g/mol. The highest BCUT2D eigenvalue weighted by molar-refractivity contribution is 5.94. The van der Waals surface area contributed by atoms with Crippen LogP contribution in [-0.4, -0.2) is 20.6 Å². The molecule has 1 aromatic carbocycles. The molecule has 92 valence electrons. The molecule has 0 saturated carbocycles. The summed E-state index contributed by atoms with van der Waals surface area (Å²) in [7, 11) is 1.80. The Kier molecular flexibility index (Phi) is 2.85. The third-order valence-corrected chi connectivity index (χ3v) is 2.62. The molecule has 1 heterocycles. The molecular weight excluding hydrogens is 236 g/mol. The summed E-state index contributed by atoms with van der Waals surface area (Å²) in [6, 6.07) is 4.51. The molecule has 1 N–H and O–H groups in total. The number of carbonyl (C=O) groups is 1. The number of nitro groups is 1. The number of carboxylic acids is 1. The van der Waals surface area contributed by atoms with Crippen molar-refractivity contribution in [2.45, 2.75) is 0 Å². The van der Waals surface area contributed by atoms with Crippen molar-refractivity contribution in [2.24, 2.45) is 7.05 Å². The maximum absolute atomic E-state index is 10.7. The number of rotatable bonds is 3. The highest BCUT2D eigenvalue weighted by Crippen LogP contribution is 2.26. The number of aryl methyl sites for hydroxylation is 1. The van der Waals surface area contributed by atoms with Crippen molar-refractivity contribution in [3.05, 3.63) is 46.1 Å². The van der Waals surface area contributed by atoms with Gasteiger partial charge in [-0.15, -0.1) is 0 Å². The predicted octanol–water partition coefficient (Wildman–Crippen LogP) is 2.18. The molecule has 0 saturated heterocycles. The highest BCUT2D eigenvalue weighted by Gasteiger charge is 2.10. The molecule has 0 unspecified atom stereocenters. The molecule has 0 spiro atoms. The SMILES string of the molecule is Cn1cc(/C=C\C(=O)O)c2cc([N+](=O)[O-])ccc21. The van der Waals surface area contributed by atoms with E-state index < -0.39 is 10.9 Å². The minimum Gasteiger partial charge on any atom is -0.478 e. The van der Waals surface area contributed by atoms with Crippen LogP contribution in [0.15, 0.2) is 30.5 Å². The van der Waals surface area contributed by atoms with Crippen molar-refractivity contribution in [3.63, 3.8) is 0 Å². The van der Waals surface area contributed by atoms with Crippen LogP contribution >= 0.6 is 0 Å². The molecule has 1 aromatic heterocycles. The van der Waals surface area contributed by atoms with Crippen molar-refractivity contribution in [2.75, 3.05) is 0 Å². The lowest BCUT2D eigenvalue weighted by Crippen LogP contribution is -1.88. The Morgan fingerprint density at radius 3 is 2.83 bits per heavy atom. The first-order valence-corrected chi connectivity index (χ1v) is 5.13. The van der Waals surface area contributed by atoms with Crippen LogP contribution < -0.4 is 0 Å². The first kappa shape index (κ1) is 11.8. The van der Waals surface area contributed by atoms with E-state index in [2.05, 4.69) is 0 Å². The fourth-order valence-corrected chi connectivity index (χ4v) is 1.82. The summed E-state index contributed by atoms with van der Waals surface area (Å²) in [5.41, 5.74) is 1.43. The molecule has 18 heavy (non-hydrogen) atoms. The van der Waals surface area contributed by atoms with Gasteiger partial charge in [-0.2, -0.15) is 0 Å². The third kappa shape index (κ3) is 2.08. The van der Waals surface area contributed by atoms with E-state index >= 15 is 0 Å². The molecule has 0 aliphatic carbocycles. The van der Waals surface area contributed by atoms with Gasteiger partial charge in [0.05, 0.1) is 4.92 Å². The zero-order chi connectivity index (χ0) is 13.3. The van der Waals surface area contributed by atoms with Crippen molar-refractivity contribution >= 4 is 28.6 Å². The molecule has 6 heteroatoms. The highest BCUT2D eigenvalue weighted by atomic mass is 16.6. The Hall–Kier alpha value is -2.63. The quantitative estimate of drug-likeness (QED) is 0.511. The molecule has 0 amide bonds. The van der Waals surface area contributed by atoms with Gasteiger partial charge in [-0.3, -0.25) is 10.1 Å². The van der Waals surface area contributed by atoms with Crippen LogP contribution in [0, 0.1) is 10.1 Å². The van der Waals surface area contributed by atoms with E-state index in [1.54, 1.807) is 23.9 Å². The maximum atomic E-state index is 10.7. The Bertz CT molecular complexity index is 670. The zero-order valence-corrected chi connectivity index (χ0v) is 9.53. The molecule has 2 aromatic rings. The van der Waals surface area contributed by atoms with Crippen LogP contribution in [0.25, 0.3) is 17.0 Å². The van der Waals surface area contributed by atoms with Gasteiger partial charge < -0.3 is 9.67 Å². The average Bonchev–Trinajstić information content (AvgIpc) is 2.63. The van der Waals surface area contributed by atoms with Crippen LogP contribution in [0.5, 0.6) is 0 Å². The largest absolute Gasteiger partial charge is 0.478 e. The van der Waals surface area contributed by atoms with E-state index in [0.29, 0.717) is 10.9 Å². The van der Waals surface area contributed by atoms with Gasteiger partial charge in [0.15, 0.2) is 0 Å². The van der Waals surface area contributed by atoms with Crippen LogP contribution in [0.2, 0.25) is 0 Å². The number of aromatic nitrogens is 1. The molecule has 2 rings (SSSR count). The normalized spacial score (nSPS) is 11.2. The first-order valence-electron chi connectivity index (χ1n) is 5.13. The number of fused-ring (bicyclic) bond motifs is 1. The van der Waals surface area contributed by atoms with Crippen LogP contribution in [0.1, 0.15) is 5.56 Å². The second-order valence-electron chi connectivity index (χ2n) is 3.83. The average molecular weight is 246 g/mol. The lowest BCUT2D eigenvalue weighted by atomic mass is 10.1. The predicted molar refractivity (Wildman–Crippen MR) is 66.2 cm³/mol. The molecule has 0 aliphatic heterocycles. The minimum atomic E-state index is -1.06. The van der Waals surface area contributed by atoms with Crippen molar-refractivity contribution in [1.82, 2.24) is 4.57 Å². The third-order valence-electron chi connectivity index (χ3n) is 2.62. The lowest BCUT2D eigenvalue weighted by molar-refractivity contribution is -0.384. The summed E-state index contributed by atoms with van der Waals surface area (Å²) in [5, 5.41) is 20.0. The molecule has 0 radical (unpaired) electrons. The maximum Gasteiger partial charge on any atom is 0.328 e. The Morgan fingerprint density at radius 2 is 2.22 bits per heavy atom. The van der Waals surface area contributed by atoms with Crippen LogP contribution in [-0.2, 0) is 11.8 Å². The fourth-order valence-electron chi connectivity index (χ4n) is 1.82. The zero-order valence-electron chi connectivity index (χ0n) is 9.53. The van der Waals surface area contributed by atoms with Crippen molar-refractivity contribution < 1.29 is 14.8 Å². The second-order valence-corrected chi connectivity index (χ2v) is 3.83. The Balaban J connectivity index is 2.63. The summed E-state index contributed by atoms with van der Waals surface area (Å²) >= 11 is 0. The first-order chi connectivity index (χ1) is 8.49. The van der Waals surface area contributed by atoms with Gasteiger partial charge in [0.1, 0.15) is 0 Å². The molecule has 0 atom stereocenters. The summed E-state index contributed by atoms with van der Waals surface area (Å²) in [5.74, 6) is -1.06. The number of non-ortho nitro benzene ring substituents is 1. The molecule has 0 fully saturated rings. The number of hydrogen-bond donors (Lipinski definition) is 1. The number of benzene rings is 1.